The number of hydrogen-bond acceptors (Lipinski definition) is 4. The van der Waals surface area contributed by atoms with Crippen molar-refractivity contribution in [1.29, 1.82) is 0 Å². The van der Waals surface area contributed by atoms with Gasteiger partial charge in [0.2, 0.25) is 0 Å². The fourth-order valence-electron chi connectivity index (χ4n) is 2.77. The van der Waals surface area contributed by atoms with Gasteiger partial charge in [0.1, 0.15) is 0 Å². The maximum atomic E-state index is 10.8. The number of nitro groups is 1. The maximum absolute atomic E-state index is 10.8. The Bertz CT molecular complexity index is 481. The first-order valence-corrected chi connectivity index (χ1v) is 7.78. The summed E-state index contributed by atoms with van der Waals surface area (Å²) in [6.45, 7) is 2.01. The van der Waals surface area contributed by atoms with Crippen LogP contribution in [-0.2, 0) is 0 Å². The summed E-state index contributed by atoms with van der Waals surface area (Å²) >= 11 is 3.48. The first-order chi connectivity index (χ1) is 9.63. The topological polar surface area (TPSA) is 58.4 Å². The zero-order valence-electron chi connectivity index (χ0n) is 11.6. The summed E-state index contributed by atoms with van der Waals surface area (Å²) in [6.07, 6.45) is 4.72. The summed E-state index contributed by atoms with van der Waals surface area (Å²) in [7, 11) is 1.97. The van der Waals surface area contributed by atoms with Crippen LogP contribution in [0.15, 0.2) is 22.7 Å². The normalized spacial score (nSPS) is 19.1. The molecule has 1 fully saturated rings. The minimum atomic E-state index is -0.358. The third-order valence-electron chi connectivity index (χ3n) is 3.81. The van der Waals surface area contributed by atoms with Gasteiger partial charge in [-0.1, -0.05) is 0 Å². The van der Waals surface area contributed by atoms with Crippen molar-refractivity contribution in [3.63, 3.8) is 0 Å². The Kier molecular flexibility index (Phi) is 5.37. The van der Waals surface area contributed by atoms with E-state index in [0.29, 0.717) is 6.04 Å². The van der Waals surface area contributed by atoms with Crippen molar-refractivity contribution >= 4 is 27.3 Å². The van der Waals surface area contributed by atoms with Crippen molar-refractivity contribution in [2.75, 3.05) is 25.0 Å². The summed E-state index contributed by atoms with van der Waals surface area (Å²) in [4.78, 5) is 12.8. The average Bonchev–Trinajstić information content (AvgIpc) is 2.45. The van der Waals surface area contributed by atoms with E-state index in [4.69, 9.17) is 0 Å². The molecule has 6 heteroatoms. The molecule has 0 radical (unpaired) electrons. The molecule has 1 aromatic carbocycles. The van der Waals surface area contributed by atoms with E-state index in [1.165, 1.54) is 19.3 Å². The van der Waals surface area contributed by atoms with E-state index >= 15 is 0 Å². The van der Waals surface area contributed by atoms with Gasteiger partial charge in [0.05, 0.1) is 10.6 Å². The fourth-order valence-corrected chi connectivity index (χ4v) is 3.37. The molecule has 1 aliphatic heterocycles. The molecule has 2 rings (SSSR count). The lowest BCUT2D eigenvalue weighted by atomic mass is 9.98. The van der Waals surface area contributed by atoms with Crippen molar-refractivity contribution < 1.29 is 4.92 Å². The van der Waals surface area contributed by atoms with Gasteiger partial charge in [-0.05, 0) is 61.3 Å². The number of rotatable bonds is 5. The quantitative estimate of drug-likeness (QED) is 0.659. The van der Waals surface area contributed by atoms with Crippen molar-refractivity contribution in [3.05, 3.63) is 32.8 Å². The van der Waals surface area contributed by atoms with Crippen molar-refractivity contribution in [2.24, 2.45) is 0 Å². The van der Waals surface area contributed by atoms with E-state index in [-0.39, 0.29) is 10.6 Å². The number of anilines is 1. The van der Waals surface area contributed by atoms with Crippen LogP contribution in [0.5, 0.6) is 0 Å². The number of hydrogen-bond donors (Lipinski definition) is 1. The van der Waals surface area contributed by atoms with Crippen molar-refractivity contribution in [3.8, 4) is 0 Å². The van der Waals surface area contributed by atoms with Crippen LogP contribution in [0.25, 0.3) is 0 Å². The predicted molar refractivity (Wildman–Crippen MR) is 84.3 cm³/mol. The minimum Gasteiger partial charge on any atom is -0.368 e. The van der Waals surface area contributed by atoms with Gasteiger partial charge in [-0.3, -0.25) is 10.1 Å². The standard InChI is InChI=1S/C14H20BrN3O2/c1-16-8-7-11-4-2-3-9-17(11)14-6-5-12(18(19)20)10-13(14)15/h5-6,10-11,16H,2-4,7-9H2,1H3. The van der Waals surface area contributed by atoms with Crippen molar-refractivity contribution in [1.82, 2.24) is 5.32 Å². The number of halogens is 1. The molecule has 110 valence electrons. The second-order valence-corrected chi connectivity index (χ2v) is 5.98. The monoisotopic (exact) mass is 341 g/mol. The van der Waals surface area contributed by atoms with Gasteiger partial charge in [0.25, 0.3) is 5.69 Å². The van der Waals surface area contributed by atoms with Crippen LogP contribution < -0.4 is 10.2 Å². The zero-order valence-corrected chi connectivity index (χ0v) is 13.2. The van der Waals surface area contributed by atoms with E-state index in [0.717, 1.165) is 29.7 Å². The third kappa shape index (κ3) is 3.49. The Labute approximate surface area is 127 Å². The molecule has 0 bridgehead atoms. The highest BCUT2D eigenvalue weighted by atomic mass is 79.9. The van der Waals surface area contributed by atoms with Gasteiger partial charge < -0.3 is 10.2 Å². The molecule has 0 aromatic heterocycles. The van der Waals surface area contributed by atoms with E-state index in [9.17, 15) is 10.1 Å². The smallest absolute Gasteiger partial charge is 0.270 e. The maximum Gasteiger partial charge on any atom is 0.270 e. The summed E-state index contributed by atoms with van der Waals surface area (Å²) in [5.74, 6) is 0. The van der Waals surface area contributed by atoms with Crippen LogP contribution in [0.3, 0.4) is 0 Å². The van der Waals surface area contributed by atoms with Crippen LogP contribution >= 0.6 is 15.9 Å². The summed E-state index contributed by atoms with van der Waals surface area (Å²) in [5.41, 5.74) is 1.20. The summed E-state index contributed by atoms with van der Waals surface area (Å²) < 4.78 is 0.808. The fraction of sp³-hybridized carbons (Fsp3) is 0.571. The summed E-state index contributed by atoms with van der Waals surface area (Å²) in [6, 6.07) is 5.55. The summed E-state index contributed by atoms with van der Waals surface area (Å²) in [5, 5.41) is 14.0. The molecule has 0 spiro atoms. The Hall–Kier alpha value is -1.14. The van der Waals surface area contributed by atoms with Crippen LogP contribution in [0.1, 0.15) is 25.7 Å². The highest BCUT2D eigenvalue weighted by Gasteiger charge is 2.24. The van der Waals surface area contributed by atoms with E-state index < -0.39 is 0 Å². The molecule has 1 N–H and O–H groups in total. The number of non-ortho nitro benzene ring substituents is 1. The first kappa shape index (κ1) is 15.3. The zero-order chi connectivity index (χ0) is 14.5. The number of piperidine rings is 1. The van der Waals surface area contributed by atoms with Crippen LogP contribution in [0.4, 0.5) is 11.4 Å². The van der Waals surface area contributed by atoms with Gasteiger partial charge in [-0.25, -0.2) is 0 Å². The lowest BCUT2D eigenvalue weighted by molar-refractivity contribution is -0.384. The molecule has 1 saturated heterocycles. The molecule has 0 aliphatic carbocycles. The molecule has 1 atom stereocenters. The van der Waals surface area contributed by atoms with Crippen LogP contribution in [-0.4, -0.2) is 31.1 Å². The van der Waals surface area contributed by atoms with Gasteiger partial charge >= 0.3 is 0 Å². The van der Waals surface area contributed by atoms with Crippen LogP contribution in [0, 0.1) is 10.1 Å². The number of nitro benzene ring substituents is 1. The Morgan fingerprint density at radius 1 is 1.50 bits per heavy atom. The second kappa shape index (κ2) is 7.04. The van der Waals surface area contributed by atoms with Gasteiger partial charge in [0.15, 0.2) is 0 Å². The molecule has 20 heavy (non-hydrogen) atoms. The molecular weight excluding hydrogens is 322 g/mol. The van der Waals surface area contributed by atoms with E-state index in [2.05, 4.69) is 26.1 Å². The largest absolute Gasteiger partial charge is 0.368 e. The molecule has 1 heterocycles. The molecule has 5 nitrogen and oxygen atoms in total. The highest BCUT2D eigenvalue weighted by Crippen LogP contribution is 2.34. The Balaban J connectivity index is 2.21. The van der Waals surface area contributed by atoms with E-state index in [1.54, 1.807) is 12.1 Å². The number of nitrogens with zero attached hydrogens (tertiary/aromatic N) is 2. The van der Waals surface area contributed by atoms with Crippen molar-refractivity contribution in [2.45, 2.75) is 31.7 Å². The number of benzene rings is 1. The van der Waals surface area contributed by atoms with Gasteiger partial charge in [-0.15, -0.1) is 0 Å². The highest BCUT2D eigenvalue weighted by molar-refractivity contribution is 9.10. The molecular formula is C14H20BrN3O2. The van der Waals surface area contributed by atoms with Gasteiger partial charge in [0, 0.05) is 29.2 Å². The molecule has 0 amide bonds. The SMILES string of the molecule is CNCCC1CCCCN1c1ccc([N+](=O)[O-])cc1Br. The average molecular weight is 342 g/mol. The third-order valence-corrected chi connectivity index (χ3v) is 4.44. The Morgan fingerprint density at radius 2 is 2.30 bits per heavy atom. The predicted octanol–water partition coefficient (Wildman–Crippen LogP) is 3.33. The lowest BCUT2D eigenvalue weighted by Crippen LogP contribution is -2.41. The minimum absolute atomic E-state index is 0.129. The molecule has 1 unspecified atom stereocenters. The lowest BCUT2D eigenvalue weighted by Gasteiger charge is -2.38. The Morgan fingerprint density at radius 3 is 2.95 bits per heavy atom. The molecule has 0 saturated carbocycles. The molecule has 1 aliphatic rings. The number of nitrogens with one attached hydrogen (secondary N) is 1. The molecule has 1 aromatic rings. The first-order valence-electron chi connectivity index (χ1n) is 6.98. The van der Waals surface area contributed by atoms with Gasteiger partial charge in [-0.2, -0.15) is 0 Å². The van der Waals surface area contributed by atoms with E-state index in [1.807, 2.05) is 13.1 Å². The second-order valence-electron chi connectivity index (χ2n) is 5.13. The van der Waals surface area contributed by atoms with Crippen LogP contribution in [0.2, 0.25) is 0 Å².